The summed E-state index contributed by atoms with van der Waals surface area (Å²) in [6.07, 6.45) is 5.22. The minimum absolute atomic E-state index is 0.00910. The van der Waals surface area contributed by atoms with Crippen molar-refractivity contribution < 1.29 is 65.9 Å². The Labute approximate surface area is 286 Å². The second kappa shape index (κ2) is 19.3. The third-order valence-corrected chi connectivity index (χ3v) is 10.5. The van der Waals surface area contributed by atoms with Crippen LogP contribution in [0.15, 0.2) is 41.5 Å². The van der Waals surface area contributed by atoms with Gasteiger partial charge in [0, 0.05) is 58.3 Å². The molecule has 16 heteroatoms. The van der Waals surface area contributed by atoms with Crippen LogP contribution in [0.5, 0.6) is 0 Å². The van der Waals surface area contributed by atoms with Gasteiger partial charge >= 0.3 is 25.6 Å². The molecule has 4 aliphatic rings. The molecule has 0 radical (unpaired) electrons. The van der Waals surface area contributed by atoms with Gasteiger partial charge in [-0.1, -0.05) is 35.9 Å². The molecule has 1 aromatic carbocycles. The third kappa shape index (κ3) is 11.7. The molecule has 2 saturated carbocycles. The lowest BCUT2D eigenvalue weighted by Crippen LogP contribution is -2.42. The Morgan fingerprint density at radius 2 is 1.29 bits per heavy atom. The molecule has 2 aliphatic heterocycles. The lowest BCUT2D eigenvalue weighted by atomic mass is 9.87. The predicted molar refractivity (Wildman–Crippen MR) is 173 cm³/mol. The highest BCUT2D eigenvalue weighted by molar-refractivity contribution is 7.55. The number of nitrogens with one attached hydrogen (secondary N) is 1. The van der Waals surface area contributed by atoms with Crippen molar-refractivity contribution in [3.05, 3.63) is 47.0 Å². The molecular weight excluding hydrogens is 665 g/mol. The zero-order chi connectivity index (χ0) is 35.9. The summed E-state index contributed by atoms with van der Waals surface area (Å²) >= 11 is 0. The number of rotatable bonds is 8. The fourth-order valence-electron chi connectivity index (χ4n) is 5.63. The molecule has 0 bridgehead atoms. The van der Waals surface area contributed by atoms with E-state index in [1.54, 1.807) is 24.3 Å². The van der Waals surface area contributed by atoms with Crippen LogP contribution in [-0.2, 0) is 67.8 Å². The summed E-state index contributed by atoms with van der Waals surface area (Å²) in [5.74, 6) is -3.19. The standard InChI is InChI=1S/C13H18NO7P.C12H18O4.C8H12O3/c1-18-12(15)11(22(17,19-2)20-3)14-13(16)21-9-10-7-5-4-6-8-10;1-9(11(13)14-2)10-3-5-12(6-4-10)15-7-8-16-12;9-7-1-3-8(4-2-7)10-5-6-11-8/h4-8,11H,9H2,1-3H3,(H,14,16);3-8H2,1-2H3;1-6H2. The average molecular weight is 714 g/mol. The summed E-state index contributed by atoms with van der Waals surface area (Å²) in [6, 6.07) is 8.93. The van der Waals surface area contributed by atoms with Gasteiger partial charge in [-0.3, -0.25) is 14.7 Å². The molecule has 15 nitrogen and oxygen atoms in total. The van der Waals surface area contributed by atoms with Gasteiger partial charge in [-0.2, -0.15) is 0 Å². The van der Waals surface area contributed by atoms with Gasteiger partial charge < -0.3 is 42.2 Å². The van der Waals surface area contributed by atoms with Gasteiger partial charge in [0.2, 0.25) is 5.78 Å². The number of carbonyl (C=O) groups is 4. The van der Waals surface area contributed by atoms with Gasteiger partial charge in [0.1, 0.15) is 12.4 Å². The molecule has 1 amide bonds. The SMILES string of the molecule is COC(=O)C(C)=C1CCC2(CC1)OCCO2.COC(=O)C(NC(=O)OCc1ccccc1)P(=O)(OC)OC.O=C1CCC2(CC1)OCCO2. The summed E-state index contributed by atoms with van der Waals surface area (Å²) < 4.78 is 58.0. The van der Waals surface area contributed by atoms with Crippen LogP contribution in [0.3, 0.4) is 0 Å². The number of methoxy groups -OCH3 is 2. The normalized spacial score (nSPS) is 19.9. The Kier molecular flexibility index (Phi) is 15.8. The zero-order valence-corrected chi connectivity index (χ0v) is 29.7. The summed E-state index contributed by atoms with van der Waals surface area (Å²) in [7, 11) is 0.791. The van der Waals surface area contributed by atoms with Crippen molar-refractivity contribution in [1.29, 1.82) is 0 Å². The number of ether oxygens (including phenoxy) is 7. The van der Waals surface area contributed by atoms with Crippen molar-refractivity contribution >= 4 is 31.4 Å². The highest BCUT2D eigenvalue weighted by Gasteiger charge is 2.43. The lowest BCUT2D eigenvalue weighted by Gasteiger charge is -2.33. The largest absolute Gasteiger partial charge is 0.467 e. The number of carbonyl (C=O) groups excluding carboxylic acids is 4. The van der Waals surface area contributed by atoms with E-state index in [9.17, 15) is 23.7 Å². The first-order chi connectivity index (χ1) is 23.4. The molecule has 5 rings (SSSR count). The maximum atomic E-state index is 12.2. The molecule has 4 fully saturated rings. The Bertz CT molecular complexity index is 1310. The van der Waals surface area contributed by atoms with Crippen molar-refractivity contribution in [3.8, 4) is 0 Å². The first kappa shape index (κ1) is 40.3. The summed E-state index contributed by atoms with van der Waals surface area (Å²) in [5, 5.41) is 2.13. The molecule has 2 heterocycles. The molecule has 1 atom stereocenters. The van der Waals surface area contributed by atoms with Gasteiger partial charge in [-0.15, -0.1) is 0 Å². The van der Waals surface area contributed by atoms with E-state index in [1.807, 2.05) is 13.0 Å². The molecule has 0 aromatic heterocycles. The predicted octanol–water partition coefficient (Wildman–Crippen LogP) is 4.56. The molecule has 274 valence electrons. The minimum Gasteiger partial charge on any atom is -0.467 e. The highest BCUT2D eigenvalue weighted by atomic mass is 31.2. The number of esters is 2. The van der Waals surface area contributed by atoms with Crippen molar-refractivity contribution in [2.75, 3.05) is 54.9 Å². The summed E-state index contributed by atoms with van der Waals surface area (Å²) in [5.41, 5.74) is 2.68. The lowest BCUT2D eigenvalue weighted by molar-refractivity contribution is -0.179. The number of amides is 1. The monoisotopic (exact) mass is 713 g/mol. The van der Waals surface area contributed by atoms with Crippen LogP contribution in [0, 0.1) is 0 Å². The van der Waals surface area contributed by atoms with E-state index in [0.29, 0.717) is 45.1 Å². The van der Waals surface area contributed by atoms with Crippen molar-refractivity contribution in [1.82, 2.24) is 5.32 Å². The van der Waals surface area contributed by atoms with E-state index in [0.717, 1.165) is 71.0 Å². The van der Waals surface area contributed by atoms with E-state index in [1.165, 1.54) is 12.7 Å². The van der Waals surface area contributed by atoms with E-state index < -0.39 is 25.4 Å². The molecule has 2 aliphatic carbocycles. The van der Waals surface area contributed by atoms with Crippen LogP contribution >= 0.6 is 7.60 Å². The highest BCUT2D eigenvalue weighted by Crippen LogP contribution is 2.50. The number of benzene rings is 1. The maximum absolute atomic E-state index is 12.2. The smallest absolute Gasteiger partial charge is 0.408 e. The molecule has 49 heavy (non-hydrogen) atoms. The number of Topliss-reactive ketones (excluding diaryl/α,β-unsaturated/α-hetero) is 1. The van der Waals surface area contributed by atoms with E-state index in [-0.39, 0.29) is 24.2 Å². The quantitative estimate of drug-likeness (QED) is 0.171. The first-order valence-corrected chi connectivity index (χ1v) is 17.7. The second-order valence-corrected chi connectivity index (χ2v) is 13.8. The third-order valence-electron chi connectivity index (χ3n) is 8.55. The van der Waals surface area contributed by atoms with Crippen molar-refractivity contribution in [2.24, 2.45) is 0 Å². The molecular formula is C33H48NO14P. The van der Waals surface area contributed by atoms with Crippen LogP contribution in [0.4, 0.5) is 4.79 Å². The van der Waals surface area contributed by atoms with Crippen molar-refractivity contribution in [2.45, 2.75) is 82.3 Å². The second-order valence-electron chi connectivity index (χ2n) is 11.5. The number of hydrogen-bond donors (Lipinski definition) is 1. The Morgan fingerprint density at radius 3 is 1.73 bits per heavy atom. The average Bonchev–Trinajstić information content (AvgIpc) is 3.81. The van der Waals surface area contributed by atoms with Crippen LogP contribution in [-0.4, -0.2) is 96.0 Å². The van der Waals surface area contributed by atoms with Gasteiger partial charge in [-0.25, -0.2) is 14.4 Å². The Hall–Kier alpha value is -3.17. The summed E-state index contributed by atoms with van der Waals surface area (Å²) in [6.45, 7) is 4.58. The fraction of sp³-hybridized carbons (Fsp3) is 0.636. The number of allylic oxidation sites excluding steroid dienone is 1. The molecule has 2 spiro atoms. The maximum Gasteiger partial charge on any atom is 0.408 e. The molecule has 1 unspecified atom stereocenters. The zero-order valence-electron chi connectivity index (χ0n) is 28.8. The Morgan fingerprint density at radius 1 is 0.796 bits per heavy atom. The minimum atomic E-state index is -3.90. The van der Waals surface area contributed by atoms with Crippen molar-refractivity contribution in [3.63, 3.8) is 0 Å². The van der Waals surface area contributed by atoms with E-state index >= 15 is 0 Å². The number of hydrogen-bond acceptors (Lipinski definition) is 14. The van der Waals surface area contributed by atoms with Crippen LogP contribution in [0.1, 0.15) is 63.9 Å². The molecule has 2 saturated heterocycles. The van der Waals surface area contributed by atoms with Gasteiger partial charge in [0.15, 0.2) is 11.6 Å². The van der Waals surface area contributed by atoms with E-state index in [2.05, 4.69) is 10.1 Å². The molecule has 1 aromatic rings. The Balaban J connectivity index is 0.000000210. The molecule has 1 N–H and O–H groups in total. The topological polar surface area (TPSA) is 180 Å². The van der Waals surface area contributed by atoms with Gasteiger partial charge in [-0.05, 0) is 25.3 Å². The van der Waals surface area contributed by atoms with Crippen LogP contribution in [0.2, 0.25) is 0 Å². The first-order valence-electron chi connectivity index (χ1n) is 16.0. The van der Waals surface area contributed by atoms with Crippen LogP contribution < -0.4 is 5.32 Å². The van der Waals surface area contributed by atoms with Crippen LogP contribution in [0.25, 0.3) is 0 Å². The fourth-order valence-corrected chi connectivity index (χ4v) is 6.82. The van der Waals surface area contributed by atoms with Gasteiger partial charge in [0.25, 0.3) is 0 Å². The van der Waals surface area contributed by atoms with E-state index in [4.69, 9.17) is 37.5 Å². The summed E-state index contributed by atoms with van der Waals surface area (Å²) in [4.78, 5) is 45.7. The number of alkyl carbamates (subject to hydrolysis) is 1. The van der Waals surface area contributed by atoms with Gasteiger partial charge in [0.05, 0.1) is 40.6 Å². The number of ketones is 1.